The first-order valence-electron chi connectivity index (χ1n) is 3.21. The van der Waals surface area contributed by atoms with Gasteiger partial charge in [0.15, 0.2) is 0 Å². The summed E-state index contributed by atoms with van der Waals surface area (Å²) in [5.74, 6) is 0. The van der Waals surface area contributed by atoms with Crippen LogP contribution in [0.25, 0.3) is 0 Å². The van der Waals surface area contributed by atoms with E-state index >= 15 is 0 Å². The molecule has 62 valence electrons. The Bertz CT molecular complexity index is 221. The molecule has 11 heavy (non-hydrogen) atoms. The number of rotatable bonds is 3. The van der Waals surface area contributed by atoms with Gasteiger partial charge in [0.1, 0.15) is 0 Å². The molecule has 0 aromatic carbocycles. The zero-order valence-corrected chi connectivity index (χ0v) is 6.09. The summed E-state index contributed by atoms with van der Waals surface area (Å²) in [5, 5.41) is 6.23. The van der Waals surface area contributed by atoms with Crippen molar-refractivity contribution in [2.75, 3.05) is 7.05 Å². The Morgan fingerprint density at radius 1 is 1.73 bits per heavy atom. The highest BCUT2D eigenvalue weighted by Crippen LogP contribution is 2.11. The number of hydrogen-bond acceptors (Lipinski definition) is 2. The summed E-state index contributed by atoms with van der Waals surface area (Å²) in [6.07, 6.45) is 1.36. The lowest BCUT2D eigenvalue weighted by molar-refractivity contribution is 0.0532. The maximum atomic E-state index is 12.1. The molecular weight excluding hydrogens is 152 g/mol. The van der Waals surface area contributed by atoms with Crippen LogP contribution in [-0.4, -0.2) is 16.8 Å². The average molecular weight is 161 g/mol. The Hall–Kier alpha value is -0.970. The van der Waals surface area contributed by atoms with Crippen LogP contribution >= 0.6 is 0 Å². The van der Waals surface area contributed by atoms with Crippen LogP contribution in [0.2, 0.25) is 0 Å². The van der Waals surface area contributed by atoms with Crippen molar-refractivity contribution < 1.29 is 8.78 Å². The van der Waals surface area contributed by atoms with Crippen LogP contribution in [0.3, 0.4) is 0 Å². The highest BCUT2D eigenvalue weighted by molar-refractivity contribution is 4.99. The van der Waals surface area contributed by atoms with Crippen LogP contribution in [0.4, 0.5) is 8.78 Å². The van der Waals surface area contributed by atoms with Gasteiger partial charge >= 0.3 is 6.55 Å². The normalized spacial score (nSPS) is 10.9. The predicted molar refractivity (Wildman–Crippen MR) is 36.2 cm³/mol. The molecule has 3 nitrogen and oxygen atoms in total. The van der Waals surface area contributed by atoms with Crippen LogP contribution in [0, 0.1) is 0 Å². The van der Waals surface area contributed by atoms with Crippen LogP contribution < -0.4 is 5.32 Å². The molecule has 0 aliphatic carbocycles. The van der Waals surface area contributed by atoms with Gasteiger partial charge in [-0.3, -0.25) is 0 Å². The molecule has 0 amide bonds. The summed E-state index contributed by atoms with van der Waals surface area (Å²) in [5.41, 5.74) is 0.488. The Balaban J connectivity index is 2.78. The lowest BCUT2D eigenvalue weighted by Crippen LogP contribution is -2.12. The summed E-state index contributed by atoms with van der Waals surface area (Å²) >= 11 is 0. The fraction of sp³-hybridized carbons (Fsp3) is 0.500. The molecule has 0 atom stereocenters. The molecule has 0 fully saturated rings. The van der Waals surface area contributed by atoms with Crippen LogP contribution in [0.5, 0.6) is 0 Å². The van der Waals surface area contributed by atoms with Crippen molar-refractivity contribution in [2.24, 2.45) is 0 Å². The number of nitrogens with one attached hydrogen (secondary N) is 1. The van der Waals surface area contributed by atoms with E-state index in [1.54, 1.807) is 13.1 Å². The lowest BCUT2D eigenvalue weighted by atomic mass is 10.4. The number of hydrogen-bond donors (Lipinski definition) is 1. The van der Waals surface area contributed by atoms with E-state index in [1.165, 1.54) is 6.20 Å². The maximum Gasteiger partial charge on any atom is 0.333 e. The Morgan fingerprint density at radius 3 is 3.00 bits per heavy atom. The van der Waals surface area contributed by atoms with E-state index in [4.69, 9.17) is 0 Å². The molecule has 1 heterocycles. The monoisotopic (exact) mass is 161 g/mol. The second-order valence-corrected chi connectivity index (χ2v) is 2.08. The van der Waals surface area contributed by atoms with Crippen LogP contribution in [0.1, 0.15) is 12.2 Å². The highest BCUT2D eigenvalue weighted by Gasteiger charge is 2.09. The lowest BCUT2D eigenvalue weighted by Gasteiger charge is -2.03. The molecule has 1 aromatic rings. The van der Waals surface area contributed by atoms with E-state index in [0.717, 1.165) is 0 Å². The quantitative estimate of drug-likeness (QED) is 0.716. The Morgan fingerprint density at radius 2 is 2.45 bits per heavy atom. The second-order valence-electron chi connectivity index (χ2n) is 2.08. The highest BCUT2D eigenvalue weighted by atomic mass is 19.3. The van der Waals surface area contributed by atoms with Crippen molar-refractivity contribution in [3.8, 4) is 0 Å². The summed E-state index contributed by atoms with van der Waals surface area (Å²) < 4.78 is 24.8. The Kier molecular flexibility index (Phi) is 2.53. The largest absolute Gasteiger partial charge is 0.333 e. The van der Waals surface area contributed by atoms with E-state index < -0.39 is 6.55 Å². The standard InChI is InChI=1S/C6H9F2N3/c1-9-4-5-2-3-10-11(5)6(7)8/h2-3,6,9H,4H2,1H3. The molecule has 0 radical (unpaired) electrons. The van der Waals surface area contributed by atoms with Gasteiger partial charge in [-0.2, -0.15) is 13.9 Å². The first-order chi connectivity index (χ1) is 5.25. The molecule has 0 saturated carbocycles. The molecule has 5 heteroatoms. The molecule has 1 rings (SSSR count). The molecule has 0 unspecified atom stereocenters. The van der Waals surface area contributed by atoms with Crippen molar-refractivity contribution in [1.29, 1.82) is 0 Å². The minimum absolute atomic E-state index is 0.407. The molecule has 1 N–H and O–H groups in total. The summed E-state index contributed by atoms with van der Waals surface area (Å²) in [7, 11) is 1.70. The maximum absolute atomic E-state index is 12.1. The topological polar surface area (TPSA) is 29.9 Å². The molecule has 0 aliphatic rings. The van der Waals surface area contributed by atoms with E-state index in [0.29, 0.717) is 16.9 Å². The number of halogens is 2. The van der Waals surface area contributed by atoms with E-state index in [-0.39, 0.29) is 0 Å². The van der Waals surface area contributed by atoms with Gasteiger partial charge in [-0.1, -0.05) is 0 Å². The molecule has 1 aromatic heterocycles. The molecule has 0 saturated heterocycles. The van der Waals surface area contributed by atoms with Crippen molar-refractivity contribution in [1.82, 2.24) is 15.1 Å². The van der Waals surface area contributed by atoms with Gasteiger partial charge in [-0.05, 0) is 13.1 Å². The van der Waals surface area contributed by atoms with Gasteiger partial charge in [-0.25, -0.2) is 4.68 Å². The van der Waals surface area contributed by atoms with E-state index in [9.17, 15) is 8.78 Å². The van der Waals surface area contributed by atoms with Gasteiger partial charge in [-0.15, -0.1) is 0 Å². The third kappa shape index (κ3) is 1.74. The minimum atomic E-state index is -2.55. The smallest absolute Gasteiger partial charge is 0.314 e. The van der Waals surface area contributed by atoms with Gasteiger partial charge in [0.2, 0.25) is 0 Å². The zero-order valence-electron chi connectivity index (χ0n) is 6.09. The first kappa shape index (κ1) is 8.13. The van der Waals surface area contributed by atoms with Gasteiger partial charge in [0.25, 0.3) is 0 Å². The zero-order chi connectivity index (χ0) is 8.27. The van der Waals surface area contributed by atoms with Crippen LogP contribution in [0.15, 0.2) is 12.3 Å². The van der Waals surface area contributed by atoms with Crippen molar-refractivity contribution >= 4 is 0 Å². The van der Waals surface area contributed by atoms with Gasteiger partial charge < -0.3 is 5.32 Å². The summed E-state index contributed by atoms with van der Waals surface area (Å²) in [6, 6.07) is 1.56. The molecule has 0 bridgehead atoms. The third-order valence-corrected chi connectivity index (χ3v) is 1.30. The van der Waals surface area contributed by atoms with Crippen LogP contribution in [-0.2, 0) is 6.54 Å². The second kappa shape index (κ2) is 3.43. The minimum Gasteiger partial charge on any atom is -0.314 e. The van der Waals surface area contributed by atoms with E-state index in [1.807, 2.05) is 0 Å². The van der Waals surface area contributed by atoms with Crippen molar-refractivity contribution in [3.05, 3.63) is 18.0 Å². The van der Waals surface area contributed by atoms with Crippen molar-refractivity contribution in [3.63, 3.8) is 0 Å². The first-order valence-corrected chi connectivity index (χ1v) is 3.21. The average Bonchev–Trinajstić information content (AvgIpc) is 2.36. The molecular formula is C6H9F2N3. The summed E-state index contributed by atoms with van der Waals surface area (Å²) in [4.78, 5) is 0. The fourth-order valence-electron chi connectivity index (χ4n) is 0.839. The Labute approximate surface area is 63.0 Å². The van der Waals surface area contributed by atoms with E-state index in [2.05, 4.69) is 10.4 Å². The summed E-state index contributed by atoms with van der Waals surface area (Å²) in [6.45, 7) is -2.14. The fourth-order valence-corrected chi connectivity index (χ4v) is 0.839. The molecule has 0 aliphatic heterocycles. The third-order valence-electron chi connectivity index (χ3n) is 1.30. The van der Waals surface area contributed by atoms with Gasteiger partial charge in [0, 0.05) is 12.7 Å². The predicted octanol–water partition coefficient (Wildman–Crippen LogP) is 0.998. The number of alkyl halides is 2. The number of nitrogens with zero attached hydrogens (tertiary/aromatic N) is 2. The SMILES string of the molecule is CNCc1ccnn1C(F)F. The van der Waals surface area contributed by atoms with Crippen molar-refractivity contribution in [2.45, 2.75) is 13.1 Å². The number of aromatic nitrogens is 2. The molecule has 0 spiro atoms. The van der Waals surface area contributed by atoms with Gasteiger partial charge in [0.05, 0.1) is 5.69 Å².